The van der Waals surface area contributed by atoms with E-state index in [2.05, 4.69) is 32.6 Å². The van der Waals surface area contributed by atoms with Crippen LogP contribution in [-0.2, 0) is 14.8 Å². The third-order valence-electron chi connectivity index (χ3n) is 3.64. The third kappa shape index (κ3) is 5.31. The zero-order valence-corrected chi connectivity index (χ0v) is 17.8. The van der Waals surface area contributed by atoms with Crippen molar-refractivity contribution < 1.29 is 13.2 Å². The van der Waals surface area contributed by atoms with Gasteiger partial charge in [0.1, 0.15) is 0 Å². The van der Waals surface area contributed by atoms with Crippen LogP contribution in [0, 0.1) is 10.5 Å². The molecule has 2 aromatic rings. The molecule has 7 heteroatoms. The summed E-state index contributed by atoms with van der Waals surface area (Å²) in [6, 6.07) is 11.8. The summed E-state index contributed by atoms with van der Waals surface area (Å²) in [7, 11) is -3.76. The Hall–Kier alpha value is -1.87. The standard InChI is InChI=1S/C19H21IN2O3S/c1-4-6-14(3)19(23)21-15-7-5-8-16(12-15)26(24,25)22-18-11-13(2)9-10-17(18)20/h5-12,22H,4H2,1-3H3,(H,21,23)/b14-6-. The van der Waals surface area contributed by atoms with E-state index >= 15 is 0 Å². The normalized spacial score (nSPS) is 11.9. The van der Waals surface area contributed by atoms with Crippen LogP contribution < -0.4 is 10.0 Å². The Bertz CT molecular complexity index is 953. The average Bonchev–Trinajstić information content (AvgIpc) is 2.58. The second-order valence-corrected chi connectivity index (χ2v) is 8.71. The molecule has 0 fully saturated rings. The minimum absolute atomic E-state index is 0.0877. The van der Waals surface area contributed by atoms with Gasteiger partial charge in [0.05, 0.1) is 10.6 Å². The summed E-state index contributed by atoms with van der Waals surface area (Å²) < 4.78 is 28.8. The highest BCUT2D eigenvalue weighted by Gasteiger charge is 2.17. The van der Waals surface area contributed by atoms with E-state index in [1.165, 1.54) is 12.1 Å². The molecule has 0 atom stereocenters. The van der Waals surface area contributed by atoms with Crippen molar-refractivity contribution in [3.8, 4) is 0 Å². The molecule has 0 aliphatic rings. The number of amides is 1. The maximum Gasteiger partial charge on any atom is 0.262 e. The Balaban J connectivity index is 2.26. The molecule has 138 valence electrons. The topological polar surface area (TPSA) is 75.3 Å². The molecule has 0 saturated heterocycles. The van der Waals surface area contributed by atoms with Crippen LogP contribution in [-0.4, -0.2) is 14.3 Å². The van der Waals surface area contributed by atoms with E-state index in [-0.39, 0.29) is 10.8 Å². The predicted octanol–water partition coefficient (Wildman–Crippen LogP) is 4.70. The van der Waals surface area contributed by atoms with Gasteiger partial charge in [-0.3, -0.25) is 9.52 Å². The summed E-state index contributed by atoms with van der Waals surface area (Å²) in [6.07, 6.45) is 2.57. The molecule has 0 unspecified atom stereocenters. The monoisotopic (exact) mass is 484 g/mol. The lowest BCUT2D eigenvalue weighted by Crippen LogP contribution is -2.16. The highest BCUT2D eigenvalue weighted by atomic mass is 127. The number of hydrogen-bond acceptors (Lipinski definition) is 3. The molecule has 0 spiro atoms. The first-order chi connectivity index (χ1) is 12.2. The lowest BCUT2D eigenvalue weighted by atomic mass is 10.2. The van der Waals surface area contributed by atoms with E-state index in [1.807, 2.05) is 32.1 Å². The van der Waals surface area contributed by atoms with Crippen LogP contribution in [0.3, 0.4) is 0 Å². The number of allylic oxidation sites excluding steroid dienone is 1. The Labute approximate surface area is 168 Å². The quantitative estimate of drug-likeness (QED) is 0.461. The molecule has 0 aliphatic carbocycles. The number of aryl methyl sites for hydroxylation is 1. The van der Waals surface area contributed by atoms with Crippen LogP contribution in [0.25, 0.3) is 0 Å². The molecule has 2 rings (SSSR count). The maximum atomic E-state index is 12.7. The van der Waals surface area contributed by atoms with Crippen molar-refractivity contribution in [3.63, 3.8) is 0 Å². The molecular weight excluding hydrogens is 463 g/mol. The van der Waals surface area contributed by atoms with Gasteiger partial charge in [0.2, 0.25) is 0 Å². The molecule has 0 radical (unpaired) electrons. The number of halogens is 1. The summed E-state index contributed by atoms with van der Waals surface area (Å²) in [4.78, 5) is 12.2. The number of hydrogen-bond donors (Lipinski definition) is 2. The van der Waals surface area contributed by atoms with E-state index < -0.39 is 10.0 Å². The van der Waals surface area contributed by atoms with E-state index in [4.69, 9.17) is 0 Å². The lowest BCUT2D eigenvalue weighted by molar-refractivity contribution is -0.112. The van der Waals surface area contributed by atoms with Crippen molar-refractivity contribution in [1.82, 2.24) is 0 Å². The number of rotatable bonds is 6. The SMILES string of the molecule is CC/C=C(/C)C(=O)Nc1cccc(S(=O)(=O)Nc2cc(C)ccc2I)c1. The summed E-state index contributed by atoms with van der Waals surface area (Å²) in [6.45, 7) is 5.57. The first-order valence-corrected chi connectivity index (χ1v) is 10.7. The van der Waals surface area contributed by atoms with Gasteiger partial charge in [0, 0.05) is 14.8 Å². The molecule has 2 aromatic carbocycles. The smallest absolute Gasteiger partial charge is 0.262 e. The predicted molar refractivity (Wildman–Crippen MR) is 114 cm³/mol. The zero-order valence-electron chi connectivity index (χ0n) is 14.8. The number of carbonyl (C=O) groups is 1. The Morgan fingerprint density at radius 1 is 1.19 bits per heavy atom. The highest BCUT2D eigenvalue weighted by Crippen LogP contribution is 2.24. The lowest BCUT2D eigenvalue weighted by Gasteiger charge is -2.12. The van der Waals surface area contributed by atoms with Crippen molar-refractivity contribution in [2.24, 2.45) is 0 Å². The van der Waals surface area contributed by atoms with Crippen molar-refractivity contribution in [2.75, 3.05) is 10.0 Å². The largest absolute Gasteiger partial charge is 0.322 e. The summed E-state index contributed by atoms with van der Waals surface area (Å²) in [5.41, 5.74) is 2.51. The molecule has 5 nitrogen and oxygen atoms in total. The van der Waals surface area contributed by atoms with Gasteiger partial charge in [-0.25, -0.2) is 8.42 Å². The molecule has 0 saturated carbocycles. The van der Waals surface area contributed by atoms with Gasteiger partial charge in [-0.05, 0) is 78.8 Å². The first kappa shape index (κ1) is 20.4. The molecule has 26 heavy (non-hydrogen) atoms. The second-order valence-electron chi connectivity index (χ2n) is 5.87. The first-order valence-electron chi connectivity index (χ1n) is 8.10. The molecule has 0 bridgehead atoms. The number of carbonyl (C=O) groups excluding carboxylic acids is 1. The molecular formula is C19H21IN2O3S. The number of nitrogens with one attached hydrogen (secondary N) is 2. The van der Waals surface area contributed by atoms with Crippen molar-refractivity contribution in [3.05, 3.63) is 63.2 Å². The van der Waals surface area contributed by atoms with E-state index in [9.17, 15) is 13.2 Å². The maximum absolute atomic E-state index is 12.7. The van der Waals surface area contributed by atoms with Crippen molar-refractivity contribution >= 4 is 49.9 Å². The number of anilines is 2. The van der Waals surface area contributed by atoms with Gasteiger partial charge < -0.3 is 5.32 Å². The van der Waals surface area contributed by atoms with Crippen LogP contribution in [0.5, 0.6) is 0 Å². The minimum Gasteiger partial charge on any atom is -0.322 e. The van der Waals surface area contributed by atoms with Crippen LogP contribution in [0.15, 0.2) is 59.0 Å². The highest BCUT2D eigenvalue weighted by molar-refractivity contribution is 14.1. The molecule has 2 N–H and O–H groups in total. The minimum atomic E-state index is -3.76. The third-order valence-corrected chi connectivity index (χ3v) is 5.94. The van der Waals surface area contributed by atoms with E-state index in [0.29, 0.717) is 16.9 Å². The van der Waals surface area contributed by atoms with Crippen LogP contribution in [0.2, 0.25) is 0 Å². The van der Waals surface area contributed by atoms with Crippen LogP contribution >= 0.6 is 22.6 Å². The summed E-state index contributed by atoms with van der Waals surface area (Å²) in [5, 5.41) is 2.72. The van der Waals surface area contributed by atoms with Gasteiger partial charge in [-0.1, -0.05) is 25.1 Å². The zero-order chi connectivity index (χ0) is 19.3. The fourth-order valence-corrected chi connectivity index (χ4v) is 4.06. The van der Waals surface area contributed by atoms with Gasteiger partial charge in [0.15, 0.2) is 0 Å². The summed E-state index contributed by atoms with van der Waals surface area (Å²) >= 11 is 2.08. The molecule has 0 aliphatic heterocycles. The van der Waals surface area contributed by atoms with E-state index in [0.717, 1.165) is 15.6 Å². The Kier molecular flexibility index (Phi) is 6.82. The van der Waals surface area contributed by atoms with Gasteiger partial charge in [-0.15, -0.1) is 0 Å². The van der Waals surface area contributed by atoms with Crippen LogP contribution in [0.4, 0.5) is 11.4 Å². The van der Waals surface area contributed by atoms with Gasteiger partial charge in [-0.2, -0.15) is 0 Å². The Morgan fingerprint density at radius 2 is 1.92 bits per heavy atom. The summed E-state index contributed by atoms with van der Waals surface area (Å²) in [5.74, 6) is -0.248. The van der Waals surface area contributed by atoms with Crippen molar-refractivity contribution in [1.29, 1.82) is 0 Å². The molecule has 1 amide bonds. The van der Waals surface area contributed by atoms with Gasteiger partial charge >= 0.3 is 0 Å². The Morgan fingerprint density at radius 3 is 2.62 bits per heavy atom. The van der Waals surface area contributed by atoms with Gasteiger partial charge in [0.25, 0.3) is 15.9 Å². The molecule has 0 aromatic heterocycles. The average molecular weight is 484 g/mol. The van der Waals surface area contributed by atoms with Crippen LogP contribution in [0.1, 0.15) is 25.8 Å². The second kappa shape index (κ2) is 8.68. The van der Waals surface area contributed by atoms with Crippen molar-refractivity contribution in [2.45, 2.75) is 32.1 Å². The fraction of sp³-hybridized carbons (Fsp3) is 0.211. The van der Waals surface area contributed by atoms with E-state index in [1.54, 1.807) is 25.1 Å². The number of benzene rings is 2. The fourth-order valence-electron chi connectivity index (χ4n) is 2.29. The number of sulfonamides is 1. The molecule has 0 heterocycles.